The van der Waals surface area contributed by atoms with Crippen molar-refractivity contribution in [3.05, 3.63) is 75.1 Å². The Hall–Kier alpha value is -3.26. The van der Waals surface area contributed by atoms with Crippen LogP contribution in [0.3, 0.4) is 0 Å². The lowest BCUT2D eigenvalue weighted by molar-refractivity contribution is -0.121. The maximum Gasteiger partial charge on any atom is 0.262 e. The quantitative estimate of drug-likeness (QED) is 0.527. The smallest absolute Gasteiger partial charge is 0.262 e. The van der Waals surface area contributed by atoms with E-state index in [1.54, 1.807) is 16.0 Å². The molecular formula is C20H19N5O2S. The summed E-state index contributed by atoms with van der Waals surface area (Å²) in [6, 6.07) is 13.4. The van der Waals surface area contributed by atoms with Crippen LogP contribution in [-0.4, -0.2) is 25.7 Å². The van der Waals surface area contributed by atoms with E-state index in [1.807, 2.05) is 54.8 Å². The van der Waals surface area contributed by atoms with Crippen molar-refractivity contribution in [1.82, 2.24) is 25.1 Å². The first-order valence-corrected chi connectivity index (χ1v) is 9.85. The highest BCUT2D eigenvalue weighted by Crippen LogP contribution is 2.18. The van der Waals surface area contributed by atoms with E-state index in [9.17, 15) is 9.59 Å². The lowest BCUT2D eigenvalue weighted by Gasteiger charge is -2.12. The molecule has 0 fully saturated rings. The second-order valence-corrected chi connectivity index (χ2v) is 7.43. The number of nitrogens with zero attached hydrogens (tertiary/aromatic N) is 3. The van der Waals surface area contributed by atoms with Gasteiger partial charge in [0.25, 0.3) is 5.56 Å². The molecule has 1 amide bonds. The molecule has 7 nitrogen and oxygen atoms in total. The molecule has 0 spiro atoms. The largest absolute Gasteiger partial charge is 0.349 e. The van der Waals surface area contributed by atoms with Gasteiger partial charge in [0, 0.05) is 17.7 Å². The molecule has 0 radical (unpaired) electrons. The molecule has 28 heavy (non-hydrogen) atoms. The molecular weight excluding hydrogens is 374 g/mol. The zero-order chi connectivity index (χ0) is 19.5. The Morgan fingerprint density at radius 1 is 1.25 bits per heavy atom. The molecule has 8 heteroatoms. The van der Waals surface area contributed by atoms with Gasteiger partial charge in [-0.1, -0.05) is 24.3 Å². The lowest BCUT2D eigenvalue weighted by atomic mass is 10.2. The Bertz CT molecular complexity index is 1150. The summed E-state index contributed by atoms with van der Waals surface area (Å²) in [4.78, 5) is 33.0. The van der Waals surface area contributed by atoms with Gasteiger partial charge in [-0.2, -0.15) is 5.10 Å². The van der Waals surface area contributed by atoms with Crippen LogP contribution in [0.15, 0.2) is 58.8 Å². The molecule has 1 atom stereocenters. The molecule has 0 aliphatic heterocycles. The number of thiophene rings is 1. The van der Waals surface area contributed by atoms with Crippen molar-refractivity contribution in [3.8, 4) is 5.69 Å². The Kier molecular flexibility index (Phi) is 5.03. The van der Waals surface area contributed by atoms with Crippen molar-refractivity contribution in [2.24, 2.45) is 0 Å². The molecule has 0 saturated heterocycles. The average Bonchev–Trinajstić information content (AvgIpc) is 3.37. The highest BCUT2D eigenvalue weighted by molar-refractivity contribution is 7.10. The van der Waals surface area contributed by atoms with Crippen LogP contribution in [0.4, 0.5) is 0 Å². The van der Waals surface area contributed by atoms with Gasteiger partial charge in [-0.25, -0.2) is 9.67 Å². The minimum atomic E-state index is -0.255. The average molecular weight is 393 g/mol. The van der Waals surface area contributed by atoms with E-state index >= 15 is 0 Å². The first-order chi connectivity index (χ1) is 13.6. The van der Waals surface area contributed by atoms with Crippen molar-refractivity contribution in [1.29, 1.82) is 0 Å². The number of H-pyrrole nitrogens is 1. The minimum absolute atomic E-state index is 0.0403. The monoisotopic (exact) mass is 393 g/mol. The first-order valence-electron chi connectivity index (χ1n) is 8.97. The van der Waals surface area contributed by atoms with E-state index in [0.717, 1.165) is 10.6 Å². The van der Waals surface area contributed by atoms with Gasteiger partial charge in [-0.05, 0) is 30.5 Å². The summed E-state index contributed by atoms with van der Waals surface area (Å²) in [7, 11) is 0. The number of rotatable bonds is 6. The van der Waals surface area contributed by atoms with Crippen LogP contribution in [-0.2, 0) is 11.2 Å². The predicted octanol–water partition coefficient (Wildman–Crippen LogP) is 2.98. The molecule has 0 aliphatic carbocycles. The van der Waals surface area contributed by atoms with Gasteiger partial charge < -0.3 is 10.3 Å². The maximum atomic E-state index is 12.4. The van der Waals surface area contributed by atoms with Crippen molar-refractivity contribution in [2.45, 2.75) is 25.8 Å². The fourth-order valence-corrected chi connectivity index (χ4v) is 3.73. The molecule has 0 bridgehead atoms. The predicted molar refractivity (Wildman–Crippen MR) is 109 cm³/mol. The topological polar surface area (TPSA) is 92.7 Å². The van der Waals surface area contributed by atoms with Gasteiger partial charge in [0.05, 0.1) is 17.9 Å². The summed E-state index contributed by atoms with van der Waals surface area (Å²) in [6.45, 7) is 1.95. The Morgan fingerprint density at radius 2 is 2.07 bits per heavy atom. The summed E-state index contributed by atoms with van der Waals surface area (Å²) in [5, 5.41) is 9.66. The van der Waals surface area contributed by atoms with Crippen LogP contribution >= 0.6 is 11.3 Å². The highest BCUT2D eigenvalue weighted by atomic mass is 32.1. The van der Waals surface area contributed by atoms with E-state index in [2.05, 4.69) is 20.4 Å². The Morgan fingerprint density at radius 3 is 2.82 bits per heavy atom. The zero-order valence-corrected chi connectivity index (χ0v) is 16.1. The third-order valence-corrected chi connectivity index (χ3v) is 5.48. The molecule has 3 aromatic heterocycles. The van der Waals surface area contributed by atoms with Gasteiger partial charge >= 0.3 is 0 Å². The van der Waals surface area contributed by atoms with Crippen LogP contribution in [0.5, 0.6) is 0 Å². The lowest BCUT2D eigenvalue weighted by Crippen LogP contribution is -2.26. The summed E-state index contributed by atoms with van der Waals surface area (Å²) < 4.78 is 1.63. The van der Waals surface area contributed by atoms with E-state index in [0.29, 0.717) is 23.3 Å². The van der Waals surface area contributed by atoms with E-state index in [1.165, 1.54) is 6.20 Å². The Labute approximate surface area is 165 Å². The minimum Gasteiger partial charge on any atom is -0.349 e. The molecule has 0 saturated carbocycles. The fourth-order valence-electron chi connectivity index (χ4n) is 2.99. The van der Waals surface area contributed by atoms with Crippen LogP contribution in [0.25, 0.3) is 16.7 Å². The third-order valence-electron chi connectivity index (χ3n) is 4.42. The number of hydrogen-bond acceptors (Lipinski definition) is 5. The van der Waals surface area contributed by atoms with Crippen molar-refractivity contribution in [2.75, 3.05) is 0 Å². The molecule has 1 aromatic carbocycles. The second-order valence-electron chi connectivity index (χ2n) is 6.45. The van der Waals surface area contributed by atoms with Crippen LogP contribution in [0, 0.1) is 0 Å². The standard InChI is InChI=1S/C20H19N5O2S/c1-13(16-8-5-11-28-16)22-18(26)10-9-17-23-19-15(20(27)24-17)12-21-25(19)14-6-3-2-4-7-14/h2-8,11-13H,9-10H2,1H3,(H,22,26)(H,23,24,27)/t13-/m1/s1. The number of aromatic nitrogens is 4. The maximum absolute atomic E-state index is 12.4. The summed E-state index contributed by atoms with van der Waals surface area (Å²) >= 11 is 1.61. The highest BCUT2D eigenvalue weighted by Gasteiger charge is 2.14. The van der Waals surface area contributed by atoms with Crippen molar-refractivity contribution in [3.63, 3.8) is 0 Å². The molecule has 4 aromatic rings. The summed E-state index contributed by atoms with van der Waals surface area (Å²) in [5.41, 5.74) is 1.05. The first kappa shape index (κ1) is 18.1. The number of benzene rings is 1. The molecule has 0 unspecified atom stereocenters. The van der Waals surface area contributed by atoms with Gasteiger partial charge in [0.1, 0.15) is 11.2 Å². The number of para-hydroxylation sites is 1. The van der Waals surface area contributed by atoms with Crippen molar-refractivity contribution < 1.29 is 4.79 Å². The molecule has 2 N–H and O–H groups in total. The van der Waals surface area contributed by atoms with Crippen LogP contribution in [0.1, 0.15) is 30.1 Å². The van der Waals surface area contributed by atoms with Gasteiger partial charge in [0.15, 0.2) is 5.65 Å². The second kappa shape index (κ2) is 7.77. The number of fused-ring (bicyclic) bond motifs is 1. The number of aromatic amines is 1. The summed E-state index contributed by atoms with van der Waals surface area (Å²) in [5.74, 6) is 0.384. The molecule has 0 aliphatic rings. The number of hydrogen-bond donors (Lipinski definition) is 2. The van der Waals surface area contributed by atoms with E-state index in [-0.39, 0.29) is 23.9 Å². The number of amides is 1. The zero-order valence-electron chi connectivity index (χ0n) is 15.3. The SMILES string of the molecule is C[C@@H](NC(=O)CCc1nc2c(cnn2-c2ccccc2)c(=O)[nH]1)c1cccs1. The number of aryl methyl sites for hydroxylation is 1. The number of carbonyl (C=O) groups is 1. The number of carbonyl (C=O) groups excluding carboxylic acids is 1. The third kappa shape index (κ3) is 3.72. The molecule has 4 rings (SSSR count). The van der Waals surface area contributed by atoms with Crippen LogP contribution < -0.4 is 10.9 Å². The number of nitrogens with one attached hydrogen (secondary N) is 2. The fraction of sp³-hybridized carbons (Fsp3) is 0.200. The molecule has 142 valence electrons. The van der Waals surface area contributed by atoms with Crippen molar-refractivity contribution >= 4 is 28.3 Å². The van der Waals surface area contributed by atoms with Gasteiger partial charge in [-0.3, -0.25) is 9.59 Å². The van der Waals surface area contributed by atoms with Gasteiger partial charge in [0.2, 0.25) is 5.91 Å². The normalized spacial score (nSPS) is 12.2. The van der Waals surface area contributed by atoms with Crippen LogP contribution in [0.2, 0.25) is 0 Å². The summed E-state index contributed by atoms with van der Waals surface area (Å²) in [6.07, 6.45) is 2.09. The van der Waals surface area contributed by atoms with Gasteiger partial charge in [-0.15, -0.1) is 11.3 Å². The van der Waals surface area contributed by atoms with E-state index in [4.69, 9.17) is 0 Å². The Balaban J connectivity index is 1.51. The van der Waals surface area contributed by atoms with E-state index < -0.39 is 0 Å². The molecule has 3 heterocycles.